The van der Waals surface area contributed by atoms with Crippen molar-refractivity contribution in [2.75, 3.05) is 27.2 Å². The van der Waals surface area contributed by atoms with Crippen molar-refractivity contribution in [3.05, 3.63) is 70.8 Å². The van der Waals surface area contributed by atoms with Crippen molar-refractivity contribution in [3.63, 3.8) is 0 Å². The Morgan fingerprint density at radius 2 is 1.57 bits per heavy atom. The zero-order valence-corrected chi connectivity index (χ0v) is 17.1. The van der Waals surface area contributed by atoms with E-state index < -0.39 is 0 Å². The third kappa shape index (κ3) is 6.08. The molecule has 5 nitrogen and oxygen atoms in total. The van der Waals surface area contributed by atoms with Crippen molar-refractivity contribution in [2.24, 2.45) is 4.99 Å². The number of likely N-dealkylation sites (tertiary alicyclic amines) is 1. The van der Waals surface area contributed by atoms with Gasteiger partial charge in [0.2, 0.25) is 0 Å². The molecule has 0 bridgehead atoms. The summed E-state index contributed by atoms with van der Waals surface area (Å²) >= 11 is 0. The minimum Gasteiger partial charge on any atom is -0.380 e. The second-order valence-corrected chi connectivity index (χ2v) is 7.28. The van der Waals surface area contributed by atoms with Crippen LogP contribution >= 0.6 is 0 Å². The molecule has 1 fully saturated rings. The second-order valence-electron chi connectivity index (χ2n) is 7.28. The SMILES string of the molecule is CN=C(NCc1ccc(CN2CCCC2)cc1)NCc1ccccc1COC. The maximum absolute atomic E-state index is 5.28. The molecule has 0 unspecified atom stereocenters. The van der Waals surface area contributed by atoms with Crippen molar-refractivity contribution in [3.8, 4) is 0 Å². The highest BCUT2D eigenvalue weighted by Gasteiger charge is 2.11. The Kier molecular flexibility index (Phi) is 7.88. The number of nitrogens with one attached hydrogen (secondary N) is 2. The molecule has 2 aromatic carbocycles. The van der Waals surface area contributed by atoms with E-state index in [0.29, 0.717) is 13.2 Å². The van der Waals surface area contributed by atoms with Crippen LogP contribution in [0.15, 0.2) is 53.5 Å². The van der Waals surface area contributed by atoms with Gasteiger partial charge in [0, 0.05) is 33.8 Å². The number of benzene rings is 2. The highest BCUT2D eigenvalue weighted by atomic mass is 16.5. The van der Waals surface area contributed by atoms with Gasteiger partial charge in [-0.3, -0.25) is 9.89 Å². The summed E-state index contributed by atoms with van der Waals surface area (Å²) in [6, 6.07) is 17.2. The molecular formula is C23H32N4O. The van der Waals surface area contributed by atoms with Gasteiger partial charge in [-0.25, -0.2) is 0 Å². The zero-order valence-electron chi connectivity index (χ0n) is 17.1. The van der Waals surface area contributed by atoms with Crippen LogP contribution in [0, 0.1) is 0 Å². The number of methoxy groups -OCH3 is 1. The first kappa shape index (κ1) is 20.4. The molecule has 0 aliphatic carbocycles. The van der Waals surface area contributed by atoms with Gasteiger partial charge in [-0.1, -0.05) is 48.5 Å². The highest BCUT2D eigenvalue weighted by Crippen LogP contribution is 2.13. The van der Waals surface area contributed by atoms with Gasteiger partial charge in [-0.05, 0) is 48.2 Å². The van der Waals surface area contributed by atoms with Gasteiger partial charge in [-0.2, -0.15) is 0 Å². The van der Waals surface area contributed by atoms with Gasteiger partial charge in [0.15, 0.2) is 5.96 Å². The number of aliphatic imine (C=N–C) groups is 1. The van der Waals surface area contributed by atoms with Crippen molar-refractivity contribution in [1.29, 1.82) is 0 Å². The third-order valence-electron chi connectivity index (χ3n) is 5.18. The lowest BCUT2D eigenvalue weighted by molar-refractivity contribution is 0.184. The smallest absolute Gasteiger partial charge is 0.191 e. The molecule has 0 atom stereocenters. The van der Waals surface area contributed by atoms with Crippen LogP contribution in [0.2, 0.25) is 0 Å². The number of guanidine groups is 1. The van der Waals surface area contributed by atoms with E-state index in [-0.39, 0.29) is 0 Å². The average molecular weight is 381 g/mol. The summed E-state index contributed by atoms with van der Waals surface area (Å²) in [5.74, 6) is 0.799. The molecule has 150 valence electrons. The van der Waals surface area contributed by atoms with E-state index in [1.807, 2.05) is 6.07 Å². The Bertz CT molecular complexity index is 751. The lowest BCUT2D eigenvalue weighted by Crippen LogP contribution is -2.36. The third-order valence-corrected chi connectivity index (χ3v) is 5.18. The van der Waals surface area contributed by atoms with Crippen LogP contribution in [0.5, 0.6) is 0 Å². The normalized spacial score (nSPS) is 15.0. The molecule has 28 heavy (non-hydrogen) atoms. The Morgan fingerprint density at radius 1 is 0.929 bits per heavy atom. The second kappa shape index (κ2) is 10.8. The summed E-state index contributed by atoms with van der Waals surface area (Å²) in [6.45, 7) is 5.63. The van der Waals surface area contributed by atoms with Gasteiger partial charge in [0.1, 0.15) is 0 Å². The van der Waals surface area contributed by atoms with Gasteiger partial charge in [-0.15, -0.1) is 0 Å². The molecule has 1 aliphatic rings. The molecule has 1 aliphatic heterocycles. The van der Waals surface area contributed by atoms with E-state index in [1.54, 1.807) is 14.2 Å². The number of nitrogens with zero attached hydrogens (tertiary/aromatic N) is 2. The Hall–Kier alpha value is -2.37. The van der Waals surface area contributed by atoms with Gasteiger partial charge < -0.3 is 15.4 Å². The number of hydrogen-bond acceptors (Lipinski definition) is 3. The quantitative estimate of drug-likeness (QED) is 0.545. The van der Waals surface area contributed by atoms with Crippen LogP contribution in [0.3, 0.4) is 0 Å². The first-order chi connectivity index (χ1) is 13.8. The number of rotatable bonds is 8. The molecule has 5 heteroatoms. The fourth-order valence-electron chi connectivity index (χ4n) is 3.57. The van der Waals surface area contributed by atoms with Crippen LogP contribution in [0.1, 0.15) is 35.1 Å². The van der Waals surface area contributed by atoms with Crippen LogP contribution in [-0.2, 0) is 31.0 Å². The Balaban J connectivity index is 1.47. The highest BCUT2D eigenvalue weighted by molar-refractivity contribution is 5.79. The summed E-state index contributed by atoms with van der Waals surface area (Å²) in [5, 5.41) is 6.79. The predicted octanol–water partition coefficient (Wildman–Crippen LogP) is 3.29. The molecule has 1 saturated heterocycles. The largest absolute Gasteiger partial charge is 0.380 e. The first-order valence-corrected chi connectivity index (χ1v) is 10.1. The lowest BCUT2D eigenvalue weighted by Gasteiger charge is -2.16. The van der Waals surface area contributed by atoms with Gasteiger partial charge in [0.05, 0.1) is 6.61 Å². The minimum absolute atomic E-state index is 0.619. The fraction of sp³-hybridized carbons (Fsp3) is 0.435. The van der Waals surface area contributed by atoms with E-state index in [0.717, 1.165) is 19.0 Å². The van der Waals surface area contributed by atoms with E-state index >= 15 is 0 Å². The van der Waals surface area contributed by atoms with E-state index in [2.05, 4.69) is 63.0 Å². The summed E-state index contributed by atoms with van der Waals surface area (Å²) in [5.41, 5.74) is 5.07. The summed E-state index contributed by atoms with van der Waals surface area (Å²) in [6.07, 6.45) is 2.67. The molecule has 2 N–H and O–H groups in total. The molecule has 0 amide bonds. The minimum atomic E-state index is 0.619. The average Bonchev–Trinajstić information content (AvgIpc) is 3.23. The Morgan fingerprint density at radius 3 is 2.25 bits per heavy atom. The fourth-order valence-corrected chi connectivity index (χ4v) is 3.57. The summed E-state index contributed by atoms with van der Waals surface area (Å²) < 4.78 is 5.28. The lowest BCUT2D eigenvalue weighted by atomic mass is 10.1. The van der Waals surface area contributed by atoms with Crippen molar-refractivity contribution >= 4 is 5.96 Å². The number of hydrogen-bond donors (Lipinski definition) is 2. The maximum atomic E-state index is 5.28. The predicted molar refractivity (Wildman–Crippen MR) is 115 cm³/mol. The monoisotopic (exact) mass is 380 g/mol. The zero-order chi connectivity index (χ0) is 19.6. The molecular weight excluding hydrogens is 348 g/mol. The topological polar surface area (TPSA) is 48.9 Å². The standard InChI is InChI=1S/C23H32N4O/c1-24-23(26-16-21-7-3-4-8-22(21)18-28-2)25-15-19-9-11-20(12-10-19)17-27-13-5-6-14-27/h3-4,7-12H,5-6,13-18H2,1-2H3,(H2,24,25,26). The van der Waals surface area contributed by atoms with E-state index in [9.17, 15) is 0 Å². The van der Waals surface area contributed by atoms with Crippen LogP contribution in [0.25, 0.3) is 0 Å². The van der Waals surface area contributed by atoms with Gasteiger partial charge >= 0.3 is 0 Å². The van der Waals surface area contributed by atoms with E-state index in [4.69, 9.17) is 4.74 Å². The maximum Gasteiger partial charge on any atom is 0.191 e. The van der Waals surface area contributed by atoms with Crippen LogP contribution in [0.4, 0.5) is 0 Å². The molecule has 2 aromatic rings. The first-order valence-electron chi connectivity index (χ1n) is 10.1. The van der Waals surface area contributed by atoms with Crippen molar-refractivity contribution in [2.45, 2.75) is 39.1 Å². The van der Waals surface area contributed by atoms with Gasteiger partial charge in [0.25, 0.3) is 0 Å². The van der Waals surface area contributed by atoms with Crippen molar-refractivity contribution < 1.29 is 4.74 Å². The summed E-state index contributed by atoms with van der Waals surface area (Å²) in [4.78, 5) is 6.86. The molecule has 0 spiro atoms. The van der Waals surface area contributed by atoms with E-state index in [1.165, 1.54) is 48.2 Å². The molecule has 0 aromatic heterocycles. The molecule has 3 rings (SSSR count). The summed E-state index contributed by atoms with van der Waals surface area (Å²) in [7, 11) is 3.52. The van der Waals surface area contributed by atoms with Crippen LogP contribution in [-0.4, -0.2) is 38.1 Å². The molecule has 1 heterocycles. The number of ether oxygens (including phenoxy) is 1. The molecule has 0 radical (unpaired) electrons. The Labute approximate surface area is 168 Å². The van der Waals surface area contributed by atoms with Crippen LogP contribution < -0.4 is 10.6 Å². The van der Waals surface area contributed by atoms with Crippen molar-refractivity contribution in [1.82, 2.24) is 15.5 Å². The molecule has 0 saturated carbocycles.